The van der Waals surface area contributed by atoms with Gasteiger partial charge in [0.15, 0.2) is 0 Å². The quantitative estimate of drug-likeness (QED) is 0.778. The molecule has 6 heteroatoms. The molecule has 0 aliphatic carbocycles. The zero-order valence-corrected chi connectivity index (χ0v) is 13.0. The third-order valence-electron chi connectivity index (χ3n) is 2.56. The fourth-order valence-electron chi connectivity index (χ4n) is 1.72. The van der Waals surface area contributed by atoms with Crippen molar-refractivity contribution in [1.29, 1.82) is 0 Å². The summed E-state index contributed by atoms with van der Waals surface area (Å²) in [5.74, 6) is -1.09. The lowest BCUT2D eigenvalue weighted by Gasteiger charge is -2.21. The van der Waals surface area contributed by atoms with Crippen molar-refractivity contribution in [2.24, 2.45) is 0 Å². The lowest BCUT2D eigenvalue weighted by molar-refractivity contribution is -0.131. The van der Waals surface area contributed by atoms with Crippen LogP contribution in [-0.2, 0) is 9.59 Å². The van der Waals surface area contributed by atoms with Crippen molar-refractivity contribution in [1.82, 2.24) is 5.32 Å². The van der Waals surface area contributed by atoms with E-state index in [9.17, 15) is 9.59 Å². The predicted octanol–water partition coefficient (Wildman–Crippen LogP) is 2.12. The first-order valence-electron chi connectivity index (χ1n) is 6.12. The third-order valence-corrected chi connectivity index (χ3v) is 3.05. The maximum Gasteiger partial charge on any atom is 0.328 e. The fraction of sp³-hybridized carbons (Fsp3) is 0.286. The number of nitrogens with one attached hydrogen (secondary N) is 1. The maximum atomic E-state index is 11.6. The van der Waals surface area contributed by atoms with Gasteiger partial charge in [-0.3, -0.25) is 4.79 Å². The van der Waals surface area contributed by atoms with Crippen molar-refractivity contribution >= 4 is 39.6 Å². The smallest absolute Gasteiger partial charge is 0.328 e. The second-order valence-corrected chi connectivity index (χ2v) is 5.10. The summed E-state index contributed by atoms with van der Waals surface area (Å²) in [5.41, 5.74) is 1.52. The normalized spacial score (nSPS) is 10.6. The largest absolute Gasteiger partial charge is 0.478 e. The summed E-state index contributed by atoms with van der Waals surface area (Å²) in [4.78, 5) is 24.0. The Balaban J connectivity index is 2.98. The molecule has 108 valence electrons. The van der Waals surface area contributed by atoms with E-state index in [1.54, 1.807) is 11.9 Å². The average molecular weight is 341 g/mol. The summed E-state index contributed by atoms with van der Waals surface area (Å²) in [6, 6.07) is 5.50. The minimum Gasteiger partial charge on any atom is -0.478 e. The molecular weight excluding hydrogens is 324 g/mol. The third kappa shape index (κ3) is 5.05. The molecule has 0 heterocycles. The standard InChI is InChI=1S/C14H17BrN2O3/c1-3-16-13(18)9-17(2)12-6-5-11(15)8-10(12)4-7-14(19)20/h4-8H,3,9H2,1-2H3,(H,16,18)(H,19,20)/b7-4+. The summed E-state index contributed by atoms with van der Waals surface area (Å²) in [6.07, 6.45) is 2.59. The van der Waals surface area contributed by atoms with Crippen LogP contribution in [-0.4, -0.2) is 37.1 Å². The first-order chi connectivity index (χ1) is 9.43. The molecule has 0 unspecified atom stereocenters. The zero-order chi connectivity index (χ0) is 15.1. The Morgan fingerprint density at radius 2 is 2.15 bits per heavy atom. The molecular formula is C14H17BrN2O3. The number of hydrogen-bond acceptors (Lipinski definition) is 3. The lowest BCUT2D eigenvalue weighted by atomic mass is 10.1. The van der Waals surface area contributed by atoms with E-state index in [-0.39, 0.29) is 12.5 Å². The molecule has 5 nitrogen and oxygen atoms in total. The Morgan fingerprint density at radius 3 is 2.75 bits per heavy atom. The molecule has 0 spiro atoms. The topological polar surface area (TPSA) is 69.6 Å². The Kier molecular flexibility index (Phi) is 6.24. The Bertz CT molecular complexity index is 529. The van der Waals surface area contributed by atoms with Crippen molar-refractivity contribution < 1.29 is 14.7 Å². The highest BCUT2D eigenvalue weighted by atomic mass is 79.9. The number of rotatable bonds is 6. The maximum absolute atomic E-state index is 11.6. The van der Waals surface area contributed by atoms with Gasteiger partial charge in [-0.15, -0.1) is 0 Å². The van der Waals surface area contributed by atoms with Gasteiger partial charge in [-0.1, -0.05) is 15.9 Å². The number of hydrogen-bond donors (Lipinski definition) is 2. The molecule has 0 fully saturated rings. The number of carboxylic acids is 1. The molecule has 0 bridgehead atoms. The molecule has 2 N–H and O–H groups in total. The molecule has 20 heavy (non-hydrogen) atoms. The molecule has 1 amide bonds. The predicted molar refractivity (Wildman–Crippen MR) is 82.8 cm³/mol. The number of likely N-dealkylation sites (N-methyl/N-ethyl adjacent to an activating group) is 2. The minimum atomic E-state index is -1.01. The van der Waals surface area contributed by atoms with Gasteiger partial charge >= 0.3 is 5.97 Å². The number of nitrogens with zero attached hydrogens (tertiary/aromatic N) is 1. The van der Waals surface area contributed by atoms with Gasteiger partial charge < -0.3 is 15.3 Å². The van der Waals surface area contributed by atoms with Crippen LogP contribution in [0.15, 0.2) is 28.7 Å². The van der Waals surface area contributed by atoms with E-state index < -0.39 is 5.97 Å². The van der Waals surface area contributed by atoms with Crippen LogP contribution < -0.4 is 10.2 Å². The molecule has 0 saturated carbocycles. The Hall–Kier alpha value is -1.82. The molecule has 0 radical (unpaired) electrons. The number of halogens is 1. The van der Waals surface area contributed by atoms with Crippen LogP contribution in [0.4, 0.5) is 5.69 Å². The fourth-order valence-corrected chi connectivity index (χ4v) is 2.10. The molecule has 1 aromatic carbocycles. The van der Waals surface area contributed by atoms with E-state index in [1.165, 1.54) is 6.08 Å². The van der Waals surface area contributed by atoms with Crippen molar-refractivity contribution in [2.45, 2.75) is 6.92 Å². The van der Waals surface area contributed by atoms with E-state index in [1.807, 2.05) is 25.1 Å². The first-order valence-corrected chi connectivity index (χ1v) is 6.91. The van der Waals surface area contributed by atoms with E-state index in [4.69, 9.17) is 5.11 Å². The highest BCUT2D eigenvalue weighted by molar-refractivity contribution is 9.10. The van der Waals surface area contributed by atoms with E-state index in [0.29, 0.717) is 6.54 Å². The van der Waals surface area contributed by atoms with Gasteiger partial charge in [-0.05, 0) is 36.8 Å². The van der Waals surface area contributed by atoms with Gasteiger partial charge in [0.1, 0.15) is 0 Å². The van der Waals surface area contributed by atoms with Gasteiger partial charge in [0, 0.05) is 29.8 Å². The number of anilines is 1. The average Bonchev–Trinajstić information content (AvgIpc) is 2.36. The SMILES string of the molecule is CCNC(=O)CN(C)c1ccc(Br)cc1/C=C/C(=O)O. The summed E-state index contributed by atoms with van der Waals surface area (Å²) >= 11 is 3.35. The second kappa shape index (κ2) is 7.69. The van der Waals surface area contributed by atoms with Crippen LogP contribution in [0.2, 0.25) is 0 Å². The van der Waals surface area contributed by atoms with Crippen molar-refractivity contribution in [2.75, 3.05) is 25.0 Å². The van der Waals surface area contributed by atoms with Crippen molar-refractivity contribution in [3.63, 3.8) is 0 Å². The van der Waals surface area contributed by atoms with Crippen LogP contribution >= 0.6 is 15.9 Å². The van der Waals surface area contributed by atoms with Gasteiger partial charge in [0.25, 0.3) is 0 Å². The van der Waals surface area contributed by atoms with E-state index >= 15 is 0 Å². The number of benzene rings is 1. The van der Waals surface area contributed by atoms with Crippen molar-refractivity contribution in [3.8, 4) is 0 Å². The number of carbonyl (C=O) groups is 2. The van der Waals surface area contributed by atoms with Gasteiger partial charge in [0.05, 0.1) is 6.54 Å². The first kappa shape index (κ1) is 16.2. The Morgan fingerprint density at radius 1 is 1.45 bits per heavy atom. The molecule has 1 aromatic rings. The molecule has 0 atom stereocenters. The monoisotopic (exact) mass is 340 g/mol. The highest BCUT2D eigenvalue weighted by Crippen LogP contribution is 2.25. The van der Waals surface area contributed by atoms with Gasteiger partial charge in [0.2, 0.25) is 5.91 Å². The van der Waals surface area contributed by atoms with Gasteiger partial charge in [-0.2, -0.15) is 0 Å². The van der Waals surface area contributed by atoms with Crippen LogP contribution in [0, 0.1) is 0 Å². The Labute approximate surface area is 126 Å². The minimum absolute atomic E-state index is 0.0777. The molecule has 1 rings (SSSR count). The summed E-state index contributed by atoms with van der Waals surface area (Å²) in [6.45, 7) is 2.65. The summed E-state index contributed by atoms with van der Waals surface area (Å²) < 4.78 is 0.845. The number of carboxylic acid groups (broad SMARTS) is 1. The number of amides is 1. The van der Waals surface area contributed by atoms with E-state index in [0.717, 1.165) is 21.8 Å². The molecule has 0 saturated heterocycles. The van der Waals surface area contributed by atoms with E-state index in [2.05, 4.69) is 21.2 Å². The molecule has 0 aliphatic heterocycles. The summed E-state index contributed by atoms with van der Waals surface area (Å²) in [5, 5.41) is 11.4. The zero-order valence-electron chi connectivity index (χ0n) is 11.4. The number of carbonyl (C=O) groups excluding carboxylic acids is 1. The van der Waals surface area contributed by atoms with Crippen LogP contribution in [0.5, 0.6) is 0 Å². The van der Waals surface area contributed by atoms with Gasteiger partial charge in [-0.25, -0.2) is 4.79 Å². The number of aliphatic carboxylic acids is 1. The second-order valence-electron chi connectivity index (χ2n) is 4.18. The van der Waals surface area contributed by atoms with Crippen LogP contribution in [0.3, 0.4) is 0 Å². The lowest BCUT2D eigenvalue weighted by Crippen LogP contribution is -2.35. The molecule has 0 aromatic heterocycles. The highest BCUT2D eigenvalue weighted by Gasteiger charge is 2.10. The molecule has 0 aliphatic rings. The van der Waals surface area contributed by atoms with Crippen molar-refractivity contribution in [3.05, 3.63) is 34.3 Å². The van der Waals surface area contributed by atoms with Crippen LogP contribution in [0.25, 0.3) is 6.08 Å². The van der Waals surface area contributed by atoms with Crippen LogP contribution in [0.1, 0.15) is 12.5 Å². The summed E-state index contributed by atoms with van der Waals surface area (Å²) in [7, 11) is 1.79.